The number of rotatable bonds is 2. The molecule has 0 saturated heterocycles. The summed E-state index contributed by atoms with van der Waals surface area (Å²) in [6.07, 6.45) is 3.73. The van der Waals surface area contributed by atoms with Crippen molar-refractivity contribution in [1.82, 2.24) is 0 Å². The van der Waals surface area contributed by atoms with Crippen LogP contribution in [0.1, 0.15) is 57.9 Å². The maximum absolute atomic E-state index is 14.4. The molecule has 0 radical (unpaired) electrons. The molecule has 2 aromatic rings. The smallest absolute Gasteiger partial charge is 0.175 e. The van der Waals surface area contributed by atoms with Gasteiger partial charge in [-0.25, -0.2) is 13.2 Å². The Morgan fingerprint density at radius 1 is 0.917 bits per heavy atom. The zero-order chi connectivity index (χ0) is 17.9. The molecule has 4 heteroatoms. The topological polar surface area (TPSA) is 9.23 Å². The average molecular weight is 338 g/mol. The van der Waals surface area contributed by atoms with E-state index in [9.17, 15) is 13.2 Å². The Kier molecular flexibility index (Phi) is 6.14. The molecule has 0 aliphatic heterocycles. The Bertz CT molecular complexity index is 704. The van der Waals surface area contributed by atoms with E-state index in [0.29, 0.717) is 16.9 Å². The molecule has 1 saturated carbocycles. The molecule has 0 heterocycles. The first-order chi connectivity index (χ1) is 11.5. The van der Waals surface area contributed by atoms with Gasteiger partial charge in [-0.1, -0.05) is 39.7 Å². The lowest BCUT2D eigenvalue weighted by atomic mass is 9.79. The molecule has 1 fully saturated rings. The Labute approximate surface area is 141 Å². The van der Waals surface area contributed by atoms with Crippen LogP contribution in [0.2, 0.25) is 0 Å². The van der Waals surface area contributed by atoms with Crippen molar-refractivity contribution in [2.45, 2.75) is 52.4 Å². The SMILES string of the molecule is CC.COc1ccc2cc(C3CCC(C)CC3)c(F)c(F)c2c1F. The van der Waals surface area contributed by atoms with Gasteiger partial charge in [0, 0.05) is 0 Å². The second-order valence-corrected chi connectivity index (χ2v) is 6.23. The van der Waals surface area contributed by atoms with Crippen LogP contribution < -0.4 is 4.74 Å². The van der Waals surface area contributed by atoms with Gasteiger partial charge < -0.3 is 4.74 Å². The largest absolute Gasteiger partial charge is 0.494 e. The van der Waals surface area contributed by atoms with Crippen molar-refractivity contribution in [2.24, 2.45) is 5.92 Å². The van der Waals surface area contributed by atoms with Crippen molar-refractivity contribution in [1.29, 1.82) is 0 Å². The van der Waals surface area contributed by atoms with Crippen molar-refractivity contribution in [2.75, 3.05) is 7.11 Å². The number of hydrogen-bond donors (Lipinski definition) is 0. The number of benzene rings is 2. The molecule has 1 aliphatic rings. The summed E-state index contributed by atoms with van der Waals surface area (Å²) in [5, 5.41) is 0.0515. The summed E-state index contributed by atoms with van der Waals surface area (Å²) in [6.45, 7) is 6.18. The second-order valence-electron chi connectivity index (χ2n) is 6.23. The highest BCUT2D eigenvalue weighted by molar-refractivity contribution is 5.86. The predicted octanol–water partition coefficient (Wildman–Crippen LogP) is 6.59. The molecule has 0 bridgehead atoms. The van der Waals surface area contributed by atoms with E-state index >= 15 is 0 Å². The minimum Gasteiger partial charge on any atom is -0.494 e. The van der Waals surface area contributed by atoms with Gasteiger partial charge in [0.1, 0.15) is 0 Å². The van der Waals surface area contributed by atoms with Gasteiger partial charge in [0.05, 0.1) is 12.5 Å². The molecule has 132 valence electrons. The number of methoxy groups -OCH3 is 1. The number of ether oxygens (including phenoxy) is 1. The van der Waals surface area contributed by atoms with E-state index in [1.807, 2.05) is 13.8 Å². The fourth-order valence-corrected chi connectivity index (χ4v) is 3.41. The van der Waals surface area contributed by atoms with Crippen LogP contribution in [0.15, 0.2) is 18.2 Å². The quantitative estimate of drug-likeness (QED) is 0.600. The van der Waals surface area contributed by atoms with E-state index in [4.69, 9.17) is 4.74 Å². The molecular formula is C20H25F3O. The predicted molar refractivity (Wildman–Crippen MR) is 92.1 cm³/mol. The molecule has 1 nitrogen and oxygen atoms in total. The molecule has 0 atom stereocenters. The van der Waals surface area contributed by atoms with Crippen molar-refractivity contribution in [3.63, 3.8) is 0 Å². The molecule has 0 amide bonds. The van der Waals surface area contributed by atoms with Gasteiger partial charge in [-0.3, -0.25) is 0 Å². The lowest BCUT2D eigenvalue weighted by molar-refractivity contribution is 0.339. The van der Waals surface area contributed by atoms with E-state index in [-0.39, 0.29) is 17.1 Å². The minimum atomic E-state index is -1.11. The van der Waals surface area contributed by atoms with Gasteiger partial charge >= 0.3 is 0 Å². The van der Waals surface area contributed by atoms with Crippen molar-refractivity contribution in [3.8, 4) is 5.75 Å². The van der Waals surface area contributed by atoms with Gasteiger partial charge in [-0.15, -0.1) is 0 Å². The first-order valence-corrected chi connectivity index (χ1v) is 8.67. The number of hydrogen-bond acceptors (Lipinski definition) is 1. The Morgan fingerprint density at radius 2 is 1.54 bits per heavy atom. The summed E-state index contributed by atoms with van der Waals surface area (Å²) >= 11 is 0. The minimum absolute atomic E-state index is 0.0141. The first kappa shape index (κ1) is 18.6. The number of halogens is 3. The molecule has 0 N–H and O–H groups in total. The van der Waals surface area contributed by atoms with Gasteiger partial charge in [0.2, 0.25) is 0 Å². The van der Waals surface area contributed by atoms with Crippen molar-refractivity contribution < 1.29 is 17.9 Å². The maximum atomic E-state index is 14.4. The maximum Gasteiger partial charge on any atom is 0.175 e. The van der Waals surface area contributed by atoms with Crippen LogP contribution in [-0.4, -0.2) is 7.11 Å². The molecule has 1 aliphatic carbocycles. The van der Waals surface area contributed by atoms with Crippen LogP contribution in [0, 0.1) is 23.4 Å². The zero-order valence-corrected chi connectivity index (χ0v) is 14.8. The zero-order valence-electron chi connectivity index (χ0n) is 14.8. The third-order valence-electron chi connectivity index (χ3n) is 4.79. The Morgan fingerprint density at radius 3 is 2.12 bits per heavy atom. The average Bonchev–Trinajstić information content (AvgIpc) is 2.61. The second kappa shape index (κ2) is 7.91. The summed E-state index contributed by atoms with van der Waals surface area (Å²) in [7, 11) is 1.30. The van der Waals surface area contributed by atoms with Crippen LogP contribution in [0.4, 0.5) is 13.2 Å². The van der Waals surface area contributed by atoms with Crippen molar-refractivity contribution >= 4 is 10.8 Å². The lowest BCUT2D eigenvalue weighted by Gasteiger charge is -2.27. The molecular weight excluding hydrogens is 313 g/mol. The Hall–Kier alpha value is -1.71. The molecule has 0 spiro atoms. The summed E-state index contributed by atoms with van der Waals surface area (Å²) < 4.78 is 47.9. The normalized spacial score (nSPS) is 20.5. The van der Waals surface area contributed by atoms with E-state index in [1.54, 1.807) is 12.1 Å². The van der Waals surface area contributed by atoms with Crippen LogP contribution in [0.5, 0.6) is 5.75 Å². The molecule has 3 rings (SSSR count). The van der Waals surface area contributed by atoms with Gasteiger partial charge in [0.25, 0.3) is 0 Å². The Balaban J connectivity index is 0.00000100. The fourth-order valence-electron chi connectivity index (χ4n) is 3.41. The van der Waals surface area contributed by atoms with Gasteiger partial charge in [0.15, 0.2) is 23.2 Å². The van der Waals surface area contributed by atoms with Gasteiger partial charge in [-0.2, -0.15) is 0 Å². The lowest BCUT2D eigenvalue weighted by Crippen LogP contribution is -2.13. The third kappa shape index (κ3) is 3.38. The summed E-state index contributed by atoms with van der Waals surface area (Å²) in [5.74, 6) is -2.31. The first-order valence-electron chi connectivity index (χ1n) is 8.67. The fraction of sp³-hybridized carbons (Fsp3) is 0.500. The van der Waals surface area contributed by atoms with Crippen LogP contribution in [-0.2, 0) is 0 Å². The highest BCUT2D eigenvalue weighted by atomic mass is 19.2. The van der Waals surface area contributed by atoms with Crippen LogP contribution in [0.3, 0.4) is 0 Å². The third-order valence-corrected chi connectivity index (χ3v) is 4.79. The monoisotopic (exact) mass is 338 g/mol. The summed E-state index contributed by atoms with van der Waals surface area (Å²) in [6, 6.07) is 4.62. The van der Waals surface area contributed by atoms with E-state index in [0.717, 1.165) is 25.7 Å². The van der Waals surface area contributed by atoms with Gasteiger partial charge in [-0.05, 0) is 47.8 Å². The highest BCUT2D eigenvalue weighted by Gasteiger charge is 2.26. The molecule has 0 unspecified atom stereocenters. The highest BCUT2D eigenvalue weighted by Crippen LogP contribution is 2.40. The molecule has 2 aromatic carbocycles. The van der Waals surface area contributed by atoms with Crippen LogP contribution in [0.25, 0.3) is 10.8 Å². The van der Waals surface area contributed by atoms with E-state index in [1.165, 1.54) is 13.2 Å². The van der Waals surface area contributed by atoms with E-state index in [2.05, 4.69) is 6.92 Å². The summed E-state index contributed by atoms with van der Waals surface area (Å²) in [5.41, 5.74) is 0.376. The summed E-state index contributed by atoms with van der Waals surface area (Å²) in [4.78, 5) is 0. The molecule has 24 heavy (non-hydrogen) atoms. The van der Waals surface area contributed by atoms with Crippen LogP contribution >= 0.6 is 0 Å². The van der Waals surface area contributed by atoms with E-state index < -0.39 is 17.5 Å². The molecule has 0 aromatic heterocycles. The number of fused-ring (bicyclic) bond motifs is 1. The standard InChI is InChI=1S/C18H19F3O.C2H6/c1-10-3-5-11(6-4-10)13-9-12-7-8-14(22-2)17(20)15(12)18(21)16(13)19;1-2/h7-11H,3-6H2,1-2H3;1-2H3. The van der Waals surface area contributed by atoms with Crippen molar-refractivity contribution in [3.05, 3.63) is 41.2 Å².